The molecule has 3 nitrogen and oxygen atoms in total. The van der Waals surface area contributed by atoms with Crippen LogP contribution in [0.2, 0.25) is 0 Å². The third kappa shape index (κ3) is 6.64. The highest BCUT2D eigenvalue weighted by Gasteiger charge is 2.31. The molecule has 0 heterocycles. The third-order valence-electron chi connectivity index (χ3n) is 4.08. The van der Waals surface area contributed by atoms with Crippen molar-refractivity contribution in [1.29, 1.82) is 0 Å². The summed E-state index contributed by atoms with van der Waals surface area (Å²) in [5.74, 6) is -1.35. The Morgan fingerprint density at radius 1 is 1.11 bits per heavy atom. The number of nitrogens with one attached hydrogen (secondary N) is 1. The van der Waals surface area contributed by atoms with E-state index < -0.39 is 23.8 Å². The number of carbonyl (C=O) groups excluding carboxylic acids is 1. The van der Waals surface area contributed by atoms with Crippen molar-refractivity contribution in [3.05, 3.63) is 71.0 Å². The van der Waals surface area contributed by atoms with E-state index in [1.807, 2.05) is 20.8 Å². The van der Waals surface area contributed by atoms with Crippen molar-refractivity contribution in [3.63, 3.8) is 0 Å². The second kappa shape index (κ2) is 10.8. The van der Waals surface area contributed by atoms with Crippen molar-refractivity contribution >= 4 is 5.91 Å². The fraction of sp³-hybridized carbons (Fsp3) is 0.381. The van der Waals surface area contributed by atoms with E-state index in [9.17, 15) is 22.4 Å². The van der Waals surface area contributed by atoms with Crippen LogP contribution in [0.5, 0.6) is 0 Å². The molecular formula is C21H26F4N2O. The number of amides is 1. The molecule has 0 fully saturated rings. The molecule has 0 bridgehead atoms. The molecule has 0 radical (unpaired) electrons. The first-order valence-corrected chi connectivity index (χ1v) is 9.21. The first-order valence-electron chi connectivity index (χ1n) is 9.21. The lowest BCUT2D eigenvalue weighted by molar-refractivity contribution is -0.137. The van der Waals surface area contributed by atoms with Crippen LogP contribution in [0.3, 0.4) is 0 Å². The number of hydrogen-bond donors (Lipinski definition) is 2. The first-order chi connectivity index (χ1) is 13.2. The molecule has 2 aromatic rings. The van der Waals surface area contributed by atoms with Gasteiger partial charge in [0.2, 0.25) is 0 Å². The van der Waals surface area contributed by atoms with Gasteiger partial charge in [0.15, 0.2) is 0 Å². The molecule has 0 aromatic heterocycles. The van der Waals surface area contributed by atoms with Crippen molar-refractivity contribution in [2.45, 2.75) is 51.9 Å². The normalized spacial score (nSPS) is 13.1. The highest BCUT2D eigenvalue weighted by Crippen LogP contribution is 2.29. The summed E-state index contributed by atoms with van der Waals surface area (Å²) in [5, 5.41) is 2.55. The molecule has 28 heavy (non-hydrogen) atoms. The summed E-state index contributed by atoms with van der Waals surface area (Å²) in [5.41, 5.74) is 5.82. The fourth-order valence-electron chi connectivity index (χ4n) is 2.75. The van der Waals surface area contributed by atoms with Crippen LogP contribution >= 0.6 is 0 Å². The molecule has 3 N–H and O–H groups in total. The zero-order valence-electron chi connectivity index (χ0n) is 16.2. The Bertz CT molecular complexity index is 745. The number of hydrogen-bond acceptors (Lipinski definition) is 2. The average molecular weight is 398 g/mol. The van der Waals surface area contributed by atoms with Gasteiger partial charge in [0.1, 0.15) is 5.82 Å². The van der Waals surface area contributed by atoms with E-state index in [4.69, 9.17) is 5.73 Å². The van der Waals surface area contributed by atoms with Crippen molar-refractivity contribution < 1.29 is 22.4 Å². The highest BCUT2D eigenvalue weighted by atomic mass is 19.4. The van der Waals surface area contributed by atoms with Gasteiger partial charge >= 0.3 is 6.18 Å². The van der Waals surface area contributed by atoms with Gasteiger partial charge in [-0.2, -0.15) is 13.2 Å². The van der Waals surface area contributed by atoms with Gasteiger partial charge in [0.05, 0.1) is 11.7 Å². The monoisotopic (exact) mass is 398 g/mol. The number of halogens is 4. The van der Waals surface area contributed by atoms with Crippen molar-refractivity contribution in [3.8, 4) is 0 Å². The van der Waals surface area contributed by atoms with Crippen LogP contribution in [0.15, 0.2) is 48.5 Å². The zero-order chi connectivity index (χ0) is 21.3. The van der Waals surface area contributed by atoms with E-state index in [1.165, 1.54) is 24.3 Å². The summed E-state index contributed by atoms with van der Waals surface area (Å²) in [7, 11) is 0. The summed E-state index contributed by atoms with van der Waals surface area (Å²) in [4.78, 5) is 12.3. The average Bonchev–Trinajstić information content (AvgIpc) is 2.68. The molecule has 2 aromatic carbocycles. The first kappa shape index (κ1) is 23.6. The van der Waals surface area contributed by atoms with E-state index in [0.717, 1.165) is 24.1 Å². The summed E-state index contributed by atoms with van der Waals surface area (Å²) >= 11 is 0. The number of alkyl halides is 3. The van der Waals surface area contributed by atoms with Crippen LogP contribution < -0.4 is 11.1 Å². The molecule has 0 aliphatic heterocycles. The molecule has 0 saturated carbocycles. The van der Waals surface area contributed by atoms with Gasteiger partial charge in [0, 0.05) is 11.5 Å². The number of rotatable bonds is 6. The molecule has 2 unspecified atom stereocenters. The van der Waals surface area contributed by atoms with Gasteiger partial charge in [-0.05, 0) is 42.3 Å². The van der Waals surface area contributed by atoms with Crippen LogP contribution in [0.1, 0.15) is 61.0 Å². The van der Waals surface area contributed by atoms with Crippen LogP contribution in [0, 0.1) is 5.82 Å². The van der Waals surface area contributed by atoms with Crippen LogP contribution in [-0.4, -0.2) is 12.1 Å². The van der Waals surface area contributed by atoms with Crippen molar-refractivity contribution in [1.82, 2.24) is 5.32 Å². The number of carbonyl (C=O) groups is 1. The van der Waals surface area contributed by atoms with Crippen LogP contribution in [-0.2, 0) is 6.18 Å². The maximum Gasteiger partial charge on any atom is 0.416 e. The Labute approximate surface area is 162 Å². The SMILES string of the molecule is CC.CCCC(c1ccc(F)cc1)C(N)NC(=O)c1cccc(C(F)(F)F)c1. The van der Waals surface area contributed by atoms with Gasteiger partial charge < -0.3 is 11.1 Å². The van der Waals surface area contributed by atoms with Gasteiger partial charge in [-0.3, -0.25) is 4.79 Å². The Morgan fingerprint density at radius 3 is 2.25 bits per heavy atom. The van der Waals surface area contributed by atoms with Gasteiger partial charge in [0.25, 0.3) is 5.91 Å². The predicted octanol–water partition coefficient (Wildman–Crippen LogP) is 5.47. The molecule has 7 heteroatoms. The maximum atomic E-state index is 13.1. The summed E-state index contributed by atoms with van der Waals surface area (Å²) in [6.07, 6.45) is -3.94. The lowest BCUT2D eigenvalue weighted by atomic mass is 9.91. The van der Waals surface area contributed by atoms with Crippen molar-refractivity contribution in [2.75, 3.05) is 0 Å². The lowest BCUT2D eigenvalue weighted by Gasteiger charge is -2.25. The zero-order valence-corrected chi connectivity index (χ0v) is 16.2. The minimum atomic E-state index is -4.53. The van der Waals surface area contributed by atoms with E-state index in [1.54, 1.807) is 12.1 Å². The molecular weight excluding hydrogens is 372 g/mol. The van der Waals surface area contributed by atoms with Crippen molar-refractivity contribution in [2.24, 2.45) is 5.73 Å². The molecule has 0 saturated heterocycles. The van der Waals surface area contributed by atoms with E-state index in [-0.39, 0.29) is 17.3 Å². The number of nitrogens with two attached hydrogens (primary N) is 1. The van der Waals surface area contributed by atoms with Gasteiger partial charge in [-0.15, -0.1) is 0 Å². The molecule has 0 spiro atoms. The largest absolute Gasteiger partial charge is 0.416 e. The Balaban J connectivity index is 0.00000190. The second-order valence-electron chi connectivity index (χ2n) is 6.02. The lowest BCUT2D eigenvalue weighted by Crippen LogP contribution is -2.45. The molecule has 154 valence electrons. The van der Waals surface area contributed by atoms with E-state index >= 15 is 0 Å². The van der Waals surface area contributed by atoms with Gasteiger partial charge in [-0.25, -0.2) is 4.39 Å². The standard InChI is InChI=1S/C19H20F4N2O.C2H6/c1-2-4-16(12-7-9-15(20)10-8-12)17(24)25-18(26)13-5-3-6-14(11-13)19(21,22)23;1-2/h3,5-11,16-17H,2,4,24H2,1H3,(H,25,26);1-2H3. The minimum Gasteiger partial charge on any atom is -0.336 e. The molecule has 0 aliphatic carbocycles. The topological polar surface area (TPSA) is 55.1 Å². The molecule has 0 aliphatic rings. The summed E-state index contributed by atoms with van der Waals surface area (Å²) in [6.45, 7) is 5.94. The summed E-state index contributed by atoms with van der Waals surface area (Å²) in [6, 6.07) is 9.94. The Morgan fingerprint density at radius 2 is 1.71 bits per heavy atom. The molecule has 2 rings (SSSR count). The van der Waals surface area contributed by atoms with E-state index in [0.29, 0.717) is 6.42 Å². The van der Waals surface area contributed by atoms with Crippen LogP contribution in [0.4, 0.5) is 17.6 Å². The number of benzene rings is 2. The maximum absolute atomic E-state index is 13.1. The third-order valence-corrected chi connectivity index (χ3v) is 4.08. The predicted molar refractivity (Wildman–Crippen MR) is 102 cm³/mol. The van der Waals surface area contributed by atoms with Gasteiger partial charge in [-0.1, -0.05) is 45.4 Å². The minimum absolute atomic E-state index is 0.121. The van der Waals surface area contributed by atoms with Crippen LogP contribution in [0.25, 0.3) is 0 Å². The Kier molecular flexibility index (Phi) is 9.12. The smallest absolute Gasteiger partial charge is 0.336 e. The highest BCUT2D eigenvalue weighted by molar-refractivity contribution is 5.94. The van der Waals surface area contributed by atoms with E-state index in [2.05, 4.69) is 5.32 Å². The molecule has 1 amide bonds. The fourth-order valence-corrected chi connectivity index (χ4v) is 2.75. The molecule has 2 atom stereocenters. The quantitative estimate of drug-likeness (QED) is 0.501. The Hall–Kier alpha value is -2.41. The second-order valence-corrected chi connectivity index (χ2v) is 6.02. The summed E-state index contributed by atoms with van der Waals surface area (Å²) < 4.78 is 51.5.